The Bertz CT molecular complexity index is 814. The lowest BCUT2D eigenvalue weighted by Crippen LogP contribution is -2.11. The number of methoxy groups -OCH3 is 1. The highest BCUT2D eigenvalue weighted by atomic mass is 79.9. The SMILES string of the molecule is COc1ccc(-n2nc3ccc(NC(=O)CBr)cc3n2)cc1. The van der Waals surface area contributed by atoms with Gasteiger partial charge in [0.25, 0.3) is 0 Å². The predicted octanol–water partition coefficient (Wildman–Crippen LogP) is 2.76. The summed E-state index contributed by atoms with van der Waals surface area (Å²) in [5.74, 6) is 0.669. The number of nitrogens with one attached hydrogen (secondary N) is 1. The molecule has 2 aromatic carbocycles. The van der Waals surface area contributed by atoms with Crippen molar-refractivity contribution in [1.82, 2.24) is 15.0 Å². The first-order valence-corrected chi connectivity index (χ1v) is 7.69. The largest absolute Gasteiger partial charge is 0.497 e. The van der Waals surface area contributed by atoms with Crippen LogP contribution in [-0.4, -0.2) is 33.3 Å². The minimum absolute atomic E-state index is 0.109. The van der Waals surface area contributed by atoms with Crippen molar-refractivity contribution in [2.24, 2.45) is 0 Å². The summed E-state index contributed by atoms with van der Waals surface area (Å²) in [4.78, 5) is 12.9. The number of carbonyl (C=O) groups excluding carboxylic acids is 1. The summed E-state index contributed by atoms with van der Waals surface area (Å²) in [6.45, 7) is 0. The molecule has 1 N–H and O–H groups in total. The molecule has 6 nitrogen and oxygen atoms in total. The summed E-state index contributed by atoms with van der Waals surface area (Å²) in [5, 5.41) is 11.9. The number of hydrogen-bond donors (Lipinski definition) is 1. The number of anilines is 1. The van der Waals surface area contributed by atoms with E-state index in [0.29, 0.717) is 11.2 Å². The van der Waals surface area contributed by atoms with Crippen LogP contribution in [0, 0.1) is 0 Å². The molecule has 1 aromatic heterocycles. The standard InChI is InChI=1S/C15H13BrN4O2/c1-22-12-5-3-11(4-6-12)20-18-13-7-2-10(8-14(13)19-20)17-15(21)9-16/h2-8H,9H2,1H3,(H,17,21). The van der Waals surface area contributed by atoms with Crippen LogP contribution in [-0.2, 0) is 4.79 Å². The summed E-state index contributed by atoms with van der Waals surface area (Å²) in [6, 6.07) is 12.9. The van der Waals surface area contributed by atoms with Crippen LogP contribution in [0.15, 0.2) is 42.5 Å². The molecule has 0 aliphatic rings. The van der Waals surface area contributed by atoms with E-state index in [0.717, 1.165) is 17.0 Å². The van der Waals surface area contributed by atoms with Gasteiger partial charge in [0.2, 0.25) is 5.91 Å². The van der Waals surface area contributed by atoms with E-state index < -0.39 is 0 Å². The van der Waals surface area contributed by atoms with Crippen molar-refractivity contribution in [3.63, 3.8) is 0 Å². The van der Waals surface area contributed by atoms with Crippen LogP contribution in [0.1, 0.15) is 0 Å². The van der Waals surface area contributed by atoms with Crippen molar-refractivity contribution >= 4 is 38.6 Å². The van der Waals surface area contributed by atoms with Gasteiger partial charge in [0, 0.05) is 5.69 Å². The zero-order valence-corrected chi connectivity index (χ0v) is 13.4. The molecule has 0 fully saturated rings. The lowest BCUT2D eigenvalue weighted by atomic mass is 10.3. The molecule has 3 aromatic rings. The fourth-order valence-corrected chi connectivity index (χ4v) is 2.16. The Morgan fingerprint density at radius 1 is 1.18 bits per heavy atom. The molecule has 0 radical (unpaired) electrons. The topological polar surface area (TPSA) is 69.0 Å². The number of alkyl halides is 1. The maximum atomic E-state index is 11.4. The molecule has 112 valence electrons. The van der Waals surface area contributed by atoms with E-state index in [1.54, 1.807) is 24.0 Å². The monoisotopic (exact) mass is 360 g/mol. The average Bonchev–Trinajstić information content (AvgIpc) is 2.98. The highest BCUT2D eigenvalue weighted by Gasteiger charge is 2.07. The molecule has 1 amide bonds. The first-order valence-electron chi connectivity index (χ1n) is 6.57. The number of nitrogens with zero attached hydrogens (tertiary/aromatic N) is 3. The van der Waals surface area contributed by atoms with Crippen molar-refractivity contribution in [1.29, 1.82) is 0 Å². The van der Waals surface area contributed by atoms with E-state index in [-0.39, 0.29) is 11.2 Å². The molecule has 0 saturated heterocycles. The average molecular weight is 361 g/mol. The van der Waals surface area contributed by atoms with Crippen LogP contribution in [0.3, 0.4) is 0 Å². The van der Waals surface area contributed by atoms with Crippen LogP contribution in [0.2, 0.25) is 0 Å². The molecule has 0 unspecified atom stereocenters. The maximum Gasteiger partial charge on any atom is 0.235 e. The van der Waals surface area contributed by atoms with Gasteiger partial charge in [-0.25, -0.2) is 0 Å². The second-order valence-corrected chi connectivity index (χ2v) is 5.13. The molecule has 22 heavy (non-hydrogen) atoms. The van der Waals surface area contributed by atoms with Crippen molar-refractivity contribution in [2.45, 2.75) is 0 Å². The summed E-state index contributed by atoms with van der Waals surface area (Å²) in [5.41, 5.74) is 3.00. The second-order valence-electron chi connectivity index (χ2n) is 4.57. The molecule has 0 spiro atoms. The lowest BCUT2D eigenvalue weighted by Gasteiger charge is -2.01. The van der Waals surface area contributed by atoms with E-state index in [4.69, 9.17) is 4.74 Å². The van der Waals surface area contributed by atoms with E-state index in [9.17, 15) is 4.79 Å². The predicted molar refractivity (Wildman–Crippen MR) is 87.8 cm³/mol. The number of ether oxygens (including phenoxy) is 1. The molecule has 0 aliphatic carbocycles. The Morgan fingerprint density at radius 2 is 1.91 bits per heavy atom. The van der Waals surface area contributed by atoms with Gasteiger partial charge in [-0.3, -0.25) is 4.79 Å². The number of carbonyl (C=O) groups is 1. The van der Waals surface area contributed by atoms with Crippen LogP contribution in [0.5, 0.6) is 5.75 Å². The zero-order valence-electron chi connectivity index (χ0n) is 11.8. The fraction of sp³-hybridized carbons (Fsp3) is 0.133. The zero-order chi connectivity index (χ0) is 15.5. The normalized spacial score (nSPS) is 10.6. The molecular weight excluding hydrogens is 348 g/mol. The first kappa shape index (κ1) is 14.5. The smallest absolute Gasteiger partial charge is 0.235 e. The molecule has 0 aliphatic heterocycles. The number of aromatic nitrogens is 3. The first-order chi connectivity index (χ1) is 10.7. The number of amides is 1. The summed E-state index contributed by atoms with van der Waals surface area (Å²) in [7, 11) is 1.62. The van der Waals surface area contributed by atoms with E-state index in [1.165, 1.54) is 0 Å². The molecule has 3 rings (SSSR count). The maximum absolute atomic E-state index is 11.4. The van der Waals surface area contributed by atoms with E-state index in [1.807, 2.05) is 30.3 Å². The van der Waals surface area contributed by atoms with E-state index in [2.05, 4.69) is 31.4 Å². The van der Waals surface area contributed by atoms with E-state index >= 15 is 0 Å². The highest BCUT2D eigenvalue weighted by molar-refractivity contribution is 9.09. The molecule has 0 bridgehead atoms. The van der Waals surface area contributed by atoms with Crippen LogP contribution < -0.4 is 10.1 Å². The van der Waals surface area contributed by atoms with Gasteiger partial charge in [-0.2, -0.15) is 4.80 Å². The van der Waals surface area contributed by atoms with Gasteiger partial charge in [-0.1, -0.05) is 15.9 Å². The number of benzene rings is 2. The van der Waals surface area contributed by atoms with Crippen LogP contribution in [0.25, 0.3) is 16.7 Å². The number of hydrogen-bond acceptors (Lipinski definition) is 4. The minimum Gasteiger partial charge on any atom is -0.497 e. The quantitative estimate of drug-likeness (QED) is 0.726. The van der Waals surface area contributed by atoms with Gasteiger partial charge in [0.15, 0.2) is 0 Å². The van der Waals surface area contributed by atoms with Gasteiger partial charge in [0.05, 0.1) is 18.1 Å². The van der Waals surface area contributed by atoms with Gasteiger partial charge >= 0.3 is 0 Å². The third kappa shape index (κ3) is 2.94. The van der Waals surface area contributed by atoms with Gasteiger partial charge in [0.1, 0.15) is 16.8 Å². The lowest BCUT2D eigenvalue weighted by molar-refractivity contribution is -0.113. The summed E-state index contributed by atoms with van der Waals surface area (Å²) in [6.07, 6.45) is 0. The van der Waals surface area contributed by atoms with Gasteiger partial charge in [-0.15, -0.1) is 10.2 Å². The Morgan fingerprint density at radius 3 is 2.59 bits per heavy atom. The van der Waals surface area contributed by atoms with Gasteiger partial charge in [-0.05, 0) is 42.5 Å². The molecule has 7 heteroatoms. The Labute approximate surface area is 135 Å². The Hall–Kier alpha value is -2.41. The number of rotatable bonds is 4. The number of halogens is 1. The van der Waals surface area contributed by atoms with Crippen molar-refractivity contribution < 1.29 is 9.53 Å². The van der Waals surface area contributed by atoms with Crippen molar-refractivity contribution in [3.8, 4) is 11.4 Å². The molecule has 1 heterocycles. The van der Waals surface area contributed by atoms with Crippen LogP contribution >= 0.6 is 15.9 Å². The van der Waals surface area contributed by atoms with Crippen molar-refractivity contribution in [2.75, 3.05) is 17.8 Å². The Kier molecular flexibility index (Phi) is 4.06. The third-order valence-corrected chi connectivity index (χ3v) is 3.60. The molecular formula is C15H13BrN4O2. The minimum atomic E-state index is -0.109. The fourth-order valence-electron chi connectivity index (χ4n) is 2.02. The second kappa shape index (κ2) is 6.15. The van der Waals surface area contributed by atoms with Crippen molar-refractivity contribution in [3.05, 3.63) is 42.5 Å². The summed E-state index contributed by atoms with van der Waals surface area (Å²) < 4.78 is 5.13. The number of fused-ring (bicyclic) bond motifs is 1. The molecule has 0 atom stereocenters. The molecule has 0 saturated carbocycles. The van der Waals surface area contributed by atoms with Crippen LogP contribution in [0.4, 0.5) is 5.69 Å². The Balaban J connectivity index is 1.93. The van der Waals surface area contributed by atoms with Gasteiger partial charge < -0.3 is 10.1 Å². The third-order valence-electron chi connectivity index (χ3n) is 3.09. The summed E-state index contributed by atoms with van der Waals surface area (Å²) >= 11 is 3.11. The highest BCUT2D eigenvalue weighted by Crippen LogP contribution is 2.19.